The average Bonchev–Trinajstić information content (AvgIpc) is 3.12. The van der Waals surface area contributed by atoms with E-state index in [0.717, 1.165) is 35.4 Å². The first-order valence-corrected chi connectivity index (χ1v) is 9.04. The highest BCUT2D eigenvalue weighted by Crippen LogP contribution is 2.30. The van der Waals surface area contributed by atoms with Gasteiger partial charge in [0.2, 0.25) is 5.91 Å². The third-order valence-electron chi connectivity index (χ3n) is 4.39. The molecule has 0 bridgehead atoms. The molecular formula is C17H19ClN6OS. The fourth-order valence-corrected chi connectivity index (χ4v) is 3.86. The molecule has 1 unspecified atom stereocenters. The standard InChI is InChI=1S/C17H18N6OS.ClH/c18-14-4-3-12(8-19-14)22-16(24)11-2-1-6-23(9-11)15-13-5-7-25-17(13)21-10-20-15;/h3-5,7-8,10-11H,1-2,6,9H2,(H2,18,19)(H,22,24);1H. The summed E-state index contributed by atoms with van der Waals surface area (Å²) in [6.07, 6.45) is 4.99. The maximum Gasteiger partial charge on any atom is 0.229 e. The molecule has 1 amide bonds. The molecular weight excluding hydrogens is 372 g/mol. The number of nitrogens with one attached hydrogen (secondary N) is 1. The van der Waals surface area contributed by atoms with Crippen LogP contribution < -0.4 is 16.0 Å². The van der Waals surface area contributed by atoms with Crippen LogP contribution in [0.15, 0.2) is 36.1 Å². The van der Waals surface area contributed by atoms with Gasteiger partial charge in [-0.05, 0) is 36.4 Å². The second-order valence-corrected chi connectivity index (χ2v) is 6.98. The average molecular weight is 391 g/mol. The van der Waals surface area contributed by atoms with Gasteiger partial charge in [0, 0.05) is 13.1 Å². The molecule has 1 saturated heterocycles. The molecule has 4 heterocycles. The molecule has 1 aliphatic rings. The van der Waals surface area contributed by atoms with E-state index >= 15 is 0 Å². The molecule has 3 aromatic rings. The van der Waals surface area contributed by atoms with Crippen LogP contribution in [0.5, 0.6) is 0 Å². The number of nitrogens with two attached hydrogens (primary N) is 1. The van der Waals surface area contributed by atoms with Gasteiger partial charge in [0.1, 0.15) is 22.8 Å². The van der Waals surface area contributed by atoms with Crippen LogP contribution in [0.1, 0.15) is 12.8 Å². The molecule has 136 valence electrons. The van der Waals surface area contributed by atoms with E-state index in [0.29, 0.717) is 18.1 Å². The van der Waals surface area contributed by atoms with Gasteiger partial charge in [0.15, 0.2) is 0 Å². The number of fused-ring (bicyclic) bond motifs is 1. The van der Waals surface area contributed by atoms with Crippen molar-refractivity contribution in [1.82, 2.24) is 15.0 Å². The minimum atomic E-state index is -0.0880. The Labute approximate surface area is 161 Å². The molecule has 0 radical (unpaired) electrons. The van der Waals surface area contributed by atoms with Gasteiger partial charge in [-0.15, -0.1) is 23.7 Å². The van der Waals surface area contributed by atoms with E-state index in [1.807, 2.05) is 11.4 Å². The van der Waals surface area contributed by atoms with E-state index in [9.17, 15) is 4.79 Å². The molecule has 1 fully saturated rings. The Balaban J connectivity index is 0.00000196. The Morgan fingerprint density at radius 2 is 2.15 bits per heavy atom. The Hall–Kier alpha value is -2.45. The number of nitrogen functional groups attached to an aromatic ring is 1. The maximum atomic E-state index is 12.6. The monoisotopic (exact) mass is 390 g/mol. The molecule has 0 aliphatic carbocycles. The van der Waals surface area contributed by atoms with Crippen LogP contribution in [0.2, 0.25) is 0 Å². The van der Waals surface area contributed by atoms with Gasteiger partial charge < -0.3 is 16.0 Å². The first-order valence-electron chi connectivity index (χ1n) is 8.16. The maximum absolute atomic E-state index is 12.6. The van der Waals surface area contributed by atoms with E-state index < -0.39 is 0 Å². The molecule has 0 saturated carbocycles. The quantitative estimate of drug-likeness (QED) is 0.713. The zero-order valence-corrected chi connectivity index (χ0v) is 15.6. The lowest BCUT2D eigenvalue weighted by Gasteiger charge is -2.33. The highest BCUT2D eigenvalue weighted by molar-refractivity contribution is 7.16. The zero-order valence-electron chi connectivity index (χ0n) is 14.0. The number of carbonyl (C=O) groups is 1. The van der Waals surface area contributed by atoms with Crippen molar-refractivity contribution in [1.29, 1.82) is 0 Å². The van der Waals surface area contributed by atoms with Crippen LogP contribution >= 0.6 is 23.7 Å². The van der Waals surface area contributed by atoms with Gasteiger partial charge >= 0.3 is 0 Å². The van der Waals surface area contributed by atoms with Crippen molar-refractivity contribution in [2.24, 2.45) is 5.92 Å². The second kappa shape index (κ2) is 7.84. The number of piperidine rings is 1. The number of halogens is 1. The lowest BCUT2D eigenvalue weighted by Crippen LogP contribution is -2.41. The SMILES string of the molecule is Cl.Nc1ccc(NC(=O)C2CCCN(c3ncnc4sccc34)C2)cn1. The van der Waals surface area contributed by atoms with Crippen molar-refractivity contribution in [3.63, 3.8) is 0 Å². The second-order valence-electron chi connectivity index (χ2n) is 6.08. The number of amides is 1. The fourth-order valence-electron chi connectivity index (χ4n) is 3.14. The molecule has 1 atom stereocenters. The molecule has 9 heteroatoms. The van der Waals surface area contributed by atoms with Crippen LogP contribution in [0.4, 0.5) is 17.3 Å². The van der Waals surface area contributed by atoms with E-state index in [-0.39, 0.29) is 24.2 Å². The highest BCUT2D eigenvalue weighted by Gasteiger charge is 2.27. The lowest BCUT2D eigenvalue weighted by atomic mass is 9.97. The summed E-state index contributed by atoms with van der Waals surface area (Å²) in [5.41, 5.74) is 6.24. The smallest absolute Gasteiger partial charge is 0.229 e. The van der Waals surface area contributed by atoms with Crippen molar-refractivity contribution >= 4 is 57.2 Å². The number of anilines is 3. The van der Waals surface area contributed by atoms with E-state index in [4.69, 9.17) is 5.73 Å². The van der Waals surface area contributed by atoms with Crippen molar-refractivity contribution in [2.45, 2.75) is 12.8 Å². The molecule has 7 nitrogen and oxygen atoms in total. The molecule has 0 aromatic carbocycles. The van der Waals surface area contributed by atoms with Crippen LogP contribution in [0, 0.1) is 5.92 Å². The summed E-state index contributed by atoms with van der Waals surface area (Å²) in [5.74, 6) is 1.27. The third kappa shape index (κ3) is 3.71. The van der Waals surface area contributed by atoms with Crippen LogP contribution in [0.3, 0.4) is 0 Å². The van der Waals surface area contributed by atoms with Crippen molar-refractivity contribution in [3.8, 4) is 0 Å². The number of nitrogens with zero attached hydrogens (tertiary/aromatic N) is 4. The number of carbonyl (C=O) groups excluding carboxylic acids is 1. The molecule has 0 spiro atoms. The Morgan fingerprint density at radius 3 is 2.96 bits per heavy atom. The van der Waals surface area contributed by atoms with Gasteiger partial charge in [-0.1, -0.05) is 0 Å². The van der Waals surface area contributed by atoms with Gasteiger partial charge in [0.25, 0.3) is 0 Å². The van der Waals surface area contributed by atoms with Crippen molar-refractivity contribution in [2.75, 3.05) is 29.0 Å². The molecule has 4 rings (SSSR count). The first kappa shape index (κ1) is 18.3. The minimum absolute atomic E-state index is 0. The molecule has 26 heavy (non-hydrogen) atoms. The van der Waals surface area contributed by atoms with Crippen molar-refractivity contribution < 1.29 is 4.79 Å². The van der Waals surface area contributed by atoms with E-state index in [1.54, 1.807) is 36.0 Å². The number of rotatable bonds is 3. The van der Waals surface area contributed by atoms with Crippen molar-refractivity contribution in [3.05, 3.63) is 36.1 Å². The number of thiophene rings is 1. The summed E-state index contributed by atoms with van der Waals surface area (Å²) in [4.78, 5) is 28.5. The topological polar surface area (TPSA) is 97.0 Å². The van der Waals surface area contributed by atoms with Gasteiger partial charge in [-0.25, -0.2) is 15.0 Å². The zero-order chi connectivity index (χ0) is 17.2. The number of hydrogen-bond donors (Lipinski definition) is 2. The van der Waals surface area contributed by atoms with Gasteiger partial charge in [-0.2, -0.15) is 0 Å². The number of aromatic nitrogens is 3. The van der Waals surface area contributed by atoms with Gasteiger partial charge in [0.05, 0.1) is 23.2 Å². The molecule has 1 aliphatic heterocycles. The van der Waals surface area contributed by atoms with Gasteiger partial charge in [-0.3, -0.25) is 4.79 Å². The first-order chi connectivity index (χ1) is 12.2. The summed E-state index contributed by atoms with van der Waals surface area (Å²) >= 11 is 1.60. The largest absolute Gasteiger partial charge is 0.384 e. The third-order valence-corrected chi connectivity index (χ3v) is 5.21. The lowest BCUT2D eigenvalue weighted by molar-refractivity contribution is -0.120. The normalized spacial score (nSPS) is 16.9. The molecule has 3 N–H and O–H groups in total. The van der Waals surface area contributed by atoms with Crippen LogP contribution in [-0.2, 0) is 4.79 Å². The van der Waals surface area contributed by atoms with Crippen LogP contribution in [0.25, 0.3) is 10.2 Å². The fraction of sp³-hybridized carbons (Fsp3) is 0.294. The predicted molar refractivity (Wildman–Crippen MR) is 107 cm³/mol. The Kier molecular flexibility index (Phi) is 5.53. The van der Waals surface area contributed by atoms with E-state index in [2.05, 4.69) is 25.2 Å². The Morgan fingerprint density at radius 1 is 1.27 bits per heavy atom. The minimum Gasteiger partial charge on any atom is -0.384 e. The van der Waals surface area contributed by atoms with Crippen LogP contribution in [-0.4, -0.2) is 33.9 Å². The summed E-state index contributed by atoms with van der Waals surface area (Å²) in [5, 5.41) is 6.00. The Bertz CT molecular complexity index is 900. The molecule has 3 aromatic heterocycles. The highest BCUT2D eigenvalue weighted by atomic mass is 35.5. The predicted octanol–water partition coefficient (Wildman–Crippen LogP) is 2.95. The van der Waals surface area contributed by atoms with E-state index in [1.165, 1.54) is 0 Å². The number of hydrogen-bond acceptors (Lipinski definition) is 7. The summed E-state index contributed by atoms with van der Waals surface area (Å²) in [7, 11) is 0. The summed E-state index contributed by atoms with van der Waals surface area (Å²) in [6.45, 7) is 1.55. The summed E-state index contributed by atoms with van der Waals surface area (Å²) in [6, 6.07) is 5.48. The number of pyridine rings is 1. The summed E-state index contributed by atoms with van der Waals surface area (Å²) < 4.78 is 0.